The minimum atomic E-state index is -4.10. The third-order valence-electron chi connectivity index (χ3n) is 7.14. The lowest BCUT2D eigenvalue weighted by Gasteiger charge is -2.39. The summed E-state index contributed by atoms with van der Waals surface area (Å²) in [4.78, 5) is 19.2. The van der Waals surface area contributed by atoms with Crippen LogP contribution in [0.1, 0.15) is 30.7 Å². The lowest BCUT2D eigenvalue weighted by atomic mass is 9.95. The number of amides is 1. The molecule has 0 aliphatic carbocycles. The van der Waals surface area contributed by atoms with Gasteiger partial charge in [0.1, 0.15) is 5.75 Å². The number of likely N-dealkylation sites (tertiary alicyclic amines) is 1. The molecule has 0 radical (unpaired) electrons. The number of nitrogens with zero attached hydrogens (tertiary/aromatic N) is 3. The number of benzene rings is 2. The number of hydroxylamine groups is 1. The number of carbonyl (C=O) groups excluding carboxylic acids is 1. The van der Waals surface area contributed by atoms with E-state index >= 15 is 0 Å². The molecule has 0 unspecified atom stereocenters. The van der Waals surface area contributed by atoms with Gasteiger partial charge in [0.05, 0.1) is 18.1 Å². The van der Waals surface area contributed by atoms with Crippen LogP contribution in [0.5, 0.6) is 5.75 Å². The minimum absolute atomic E-state index is 0. The van der Waals surface area contributed by atoms with E-state index in [-0.39, 0.29) is 30.1 Å². The molecule has 224 valence electrons. The molecule has 0 atom stereocenters. The highest BCUT2D eigenvalue weighted by molar-refractivity contribution is 9.10. The molecule has 14 heteroatoms. The Labute approximate surface area is 254 Å². The molecule has 1 amide bonds. The predicted octanol–water partition coefficient (Wildman–Crippen LogP) is 4.00. The van der Waals surface area contributed by atoms with E-state index < -0.39 is 20.5 Å². The van der Waals surface area contributed by atoms with Gasteiger partial charge in [-0.25, -0.2) is 13.9 Å². The molecule has 0 saturated carbocycles. The second kappa shape index (κ2) is 14.6. The molecule has 3 aromatic rings. The van der Waals surface area contributed by atoms with Crippen LogP contribution in [0, 0.1) is 6.92 Å². The van der Waals surface area contributed by atoms with Crippen molar-refractivity contribution >= 4 is 44.1 Å². The van der Waals surface area contributed by atoms with E-state index in [0.29, 0.717) is 63.2 Å². The van der Waals surface area contributed by atoms with E-state index in [1.54, 1.807) is 24.7 Å². The Morgan fingerprint density at radius 3 is 2.51 bits per heavy atom. The lowest BCUT2D eigenvalue weighted by Crippen LogP contribution is -2.57. The maximum absolute atomic E-state index is 13.6. The average molecular weight is 674 g/mol. The molecule has 2 heterocycles. The van der Waals surface area contributed by atoms with Crippen LogP contribution in [0.25, 0.3) is 11.4 Å². The lowest BCUT2D eigenvalue weighted by molar-refractivity contribution is -0.133. The SMILES string of the molecule is COCCN1CCC(C(=O)NO)(S(=O)(=O)c2ccc(OCCCc3nc(-c4ccc(Br)cc4C)no3)cc2)CC1.Cl. The zero-order chi connectivity index (χ0) is 28.8. The Morgan fingerprint density at radius 1 is 1.17 bits per heavy atom. The number of hydrogen-bond donors (Lipinski definition) is 2. The van der Waals surface area contributed by atoms with Crippen molar-refractivity contribution in [1.82, 2.24) is 20.5 Å². The third-order valence-corrected chi connectivity index (χ3v) is 10.1. The summed E-state index contributed by atoms with van der Waals surface area (Å²) >= 11 is 3.45. The highest BCUT2D eigenvalue weighted by Gasteiger charge is 2.52. The van der Waals surface area contributed by atoms with E-state index in [1.807, 2.05) is 30.0 Å². The van der Waals surface area contributed by atoms with Gasteiger partial charge in [-0.3, -0.25) is 10.0 Å². The van der Waals surface area contributed by atoms with Gasteiger partial charge in [0.25, 0.3) is 5.91 Å². The summed E-state index contributed by atoms with van der Waals surface area (Å²) in [6.45, 7) is 4.26. The first-order chi connectivity index (χ1) is 19.2. The van der Waals surface area contributed by atoms with Crippen LogP contribution in [0.2, 0.25) is 0 Å². The Balaban J connectivity index is 0.00000462. The third kappa shape index (κ3) is 7.46. The highest BCUT2D eigenvalue weighted by atomic mass is 79.9. The largest absolute Gasteiger partial charge is 0.494 e. The number of aromatic nitrogens is 2. The van der Waals surface area contributed by atoms with E-state index in [9.17, 15) is 18.4 Å². The van der Waals surface area contributed by atoms with Crippen molar-refractivity contribution in [2.75, 3.05) is 40.0 Å². The molecule has 1 aliphatic heterocycles. The zero-order valence-electron chi connectivity index (χ0n) is 22.8. The first-order valence-corrected chi connectivity index (χ1v) is 15.2. The molecule has 0 bridgehead atoms. The number of nitrogens with one attached hydrogen (secondary N) is 1. The molecule has 1 saturated heterocycles. The number of sulfone groups is 1. The van der Waals surface area contributed by atoms with Crippen molar-refractivity contribution in [3.63, 3.8) is 0 Å². The fourth-order valence-corrected chi connectivity index (χ4v) is 7.21. The van der Waals surface area contributed by atoms with Crippen molar-refractivity contribution in [2.45, 2.75) is 42.2 Å². The Hall–Kier alpha value is -2.55. The zero-order valence-corrected chi connectivity index (χ0v) is 26.1. The smallest absolute Gasteiger partial charge is 0.265 e. The minimum Gasteiger partial charge on any atom is -0.494 e. The van der Waals surface area contributed by atoms with Gasteiger partial charge in [0.2, 0.25) is 11.7 Å². The van der Waals surface area contributed by atoms with Gasteiger partial charge >= 0.3 is 0 Å². The van der Waals surface area contributed by atoms with Crippen LogP contribution in [0.3, 0.4) is 0 Å². The van der Waals surface area contributed by atoms with Crippen LogP contribution < -0.4 is 10.2 Å². The molecule has 2 aromatic carbocycles. The van der Waals surface area contributed by atoms with Crippen molar-refractivity contribution < 1.29 is 32.4 Å². The van der Waals surface area contributed by atoms with Gasteiger partial charge in [0, 0.05) is 43.2 Å². The maximum Gasteiger partial charge on any atom is 0.265 e. The van der Waals surface area contributed by atoms with Gasteiger partial charge in [-0.05, 0) is 74.2 Å². The number of aryl methyl sites for hydroxylation is 2. The van der Waals surface area contributed by atoms with Crippen molar-refractivity contribution in [2.24, 2.45) is 0 Å². The normalized spacial score (nSPS) is 15.2. The molecule has 2 N–H and O–H groups in total. The van der Waals surface area contributed by atoms with E-state index in [4.69, 9.17) is 14.0 Å². The number of halogens is 2. The van der Waals surface area contributed by atoms with E-state index in [2.05, 4.69) is 26.1 Å². The summed E-state index contributed by atoms with van der Waals surface area (Å²) in [6.07, 6.45) is 1.25. The van der Waals surface area contributed by atoms with E-state index in [0.717, 1.165) is 15.6 Å². The molecule has 4 rings (SSSR count). The standard InChI is InChI=1S/C27H33BrN4O7S.ClH/c1-19-18-20(28)5-10-23(19)25-29-24(39-31-25)4-3-16-38-21-6-8-22(9-7-21)40(35,36)27(26(33)30-34)11-13-32(14-12-27)15-17-37-2;/h5-10,18,34H,3-4,11-17H2,1-2H3,(H,30,33);1H. The number of methoxy groups -OCH3 is 1. The predicted molar refractivity (Wildman–Crippen MR) is 157 cm³/mol. The number of carbonyl (C=O) groups is 1. The maximum atomic E-state index is 13.6. The van der Waals surface area contributed by atoms with Gasteiger partial charge < -0.3 is 18.9 Å². The molecule has 11 nitrogen and oxygen atoms in total. The molecule has 1 fully saturated rings. The summed E-state index contributed by atoms with van der Waals surface area (Å²) in [5.74, 6) is 0.610. The van der Waals surface area contributed by atoms with Crippen LogP contribution in [-0.4, -0.2) is 79.3 Å². The molecule has 0 spiro atoms. The number of piperidine rings is 1. The van der Waals surface area contributed by atoms with Crippen molar-refractivity contribution in [3.05, 3.63) is 58.4 Å². The van der Waals surface area contributed by atoms with Crippen LogP contribution in [0.4, 0.5) is 0 Å². The van der Waals surface area contributed by atoms with Gasteiger partial charge in [-0.2, -0.15) is 4.98 Å². The van der Waals surface area contributed by atoms with Crippen LogP contribution >= 0.6 is 28.3 Å². The second-order valence-electron chi connectivity index (χ2n) is 9.67. The van der Waals surface area contributed by atoms with Crippen LogP contribution in [0.15, 0.2) is 56.4 Å². The number of ether oxygens (including phenoxy) is 2. The first-order valence-electron chi connectivity index (χ1n) is 12.9. The quantitative estimate of drug-likeness (QED) is 0.165. The Morgan fingerprint density at radius 2 is 1.88 bits per heavy atom. The number of hydrogen-bond acceptors (Lipinski definition) is 10. The molecule has 1 aromatic heterocycles. The fraction of sp³-hybridized carbons (Fsp3) is 0.444. The molecular formula is C27H34BrClN4O7S. The molecule has 41 heavy (non-hydrogen) atoms. The number of rotatable bonds is 12. The van der Waals surface area contributed by atoms with Gasteiger partial charge in [-0.15, -0.1) is 12.4 Å². The topological polar surface area (TPSA) is 144 Å². The highest BCUT2D eigenvalue weighted by Crippen LogP contribution is 2.36. The second-order valence-corrected chi connectivity index (χ2v) is 12.8. The summed E-state index contributed by atoms with van der Waals surface area (Å²) < 4.78 is 42.7. The first kappa shape index (κ1) is 33.0. The van der Waals surface area contributed by atoms with Gasteiger partial charge in [-0.1, -0.05) is 21.1 Å². The van der Waals surface area contributed by atoms with Crippen LogP contribution in [-0.2, 0) is 25.8 Å². The molecular weight excluding hydrogens is 640 g/mol. The Bertz CT molecular complexity index is 1410. The summed E-state index contributed by atoms with van der Waals surface area (Å²) in [5.41, 5.74) is 3.51. The average Bonchev–Trinajstić information content (AvgIpc) is 3.42. The van der Waals surface area contributed by atoms with Crippen molar-refractivity contribution in [1.29, 1.82) is 0 Å². The Kier molecular flexibility index (Phi) is 11.7. The summed E-state index contributed by atoms with van der Waals surface area (Å²) in [6, 6.07) is 11.8. The van der Waals surface area contributed by atoms with E-state index in [1.165, 1.54) is 12.1 Å². The van der Waals surface area contributed by atoms with Gasteiger partial charge in [0.15, 0.2) is 14.6 Å². The summed E-state index contributed by atoms with van der Waals surface area (Å²) in [7, 11) is -2.50. The summed E-state index contributed by atoms with van der Waals surface area (Å²) in [5, 5.41) is 13.4. The fourth-order valence-electron chi connectivity index (χ4n) is 4.78. The monoisotopic (exact) mass is 672 g/mol. The van der Waals surface area contributed by atoms with Crippen molar-refractivity contribution in [3.8, 4) is 17.1 Å². The molecule has 1 aliphatic rings.